The number of aromatic carboxylic acids is 1. The number of likely N-dealkylation sites (N-methyl/N-ethyl adjacent to an activating group) is 1. The van der Waals surface area contributed by atoms with Crippen molar-refractivity contribution in [2.24, 2.45) is 0 Å². The van der Waals surface area contributed by atoms with Crippen LogP contribution in [0.1, 0.15) is 17.4 Å². The van der Waals surface area contributed by atoms with E-state index >= 15 is 0 Å². The minimum absolute atomic E-state index is 0.130. The maximum atomic E-state index is 11.9. The van der Waals surface area contributed by atoms with Gasteiger partial charge >= 0.3 is 12.0 Å². The van der Waals surface area contributed by atoms with Gasteiger partial charge in [-0.25, -0.2) is 14.6 Å². The predicted octanol–water partition coefficient (Wildman–Crippen LogP) is 1.28. The summed E-state index contributed by atoms with van der Waals surface area (Å²) in [6.45, 7) is 2.22. The van der Waals surface area contributed by atoms with Gasteiger partial charge in [0.05, 0.1) is 18.3 Å². The van der Waals surface area contributed by atoms with Gasteiger partial charge in [-0.3, -0.25) is 0 Å². The van der Waals surface area contributed by atoms with E-state index in [9.17, 15) is 9.59 Å². The molecule has 1 atom stereocenters. The van der Waals surface area contributed by atoms with Gasteiger partial charge in [-0.1, -0.05) is 0 Å². The Labute approximate surface area is 111 Å². The van der Waals surface area contributed by atoms with Gasteiger partial charge in [-0.15, -0.1) is 0 Å². The van der Waals surface area contributed by atoms with E-state index < -0.39 is 12.0 Å². The Bertz CT molecular complexity index is 464. The minimum Gasteiger partial charge on any atom is -0.476 e. The van der Waals surface area contributed by atoms with Gasteiger partial charge in [0.25, 0.3) is 0 Å². The van der Waals surface area contributed by atoms with Crippen molar-refractivity contribution in [1.82, 2.24) is 9.88 Å². The number of carbonyl (C=O) groups excluding carboxylic acids is 1. The van der Waals surface area contributed by atoms with Crippen LogP contribution in [0.5, 0.6) is 0 Å². The smallest absolute Gasteiger partial charge is 0.356 e. The van der Waals surface area contributed by atoms with Crippen LogP contribution >= 0.6 is 0 Å². The predicted molar refractivity (Wildman–Crippen MR) is 69.3 cm³/mol. The number of nitrogens with zero attached hydrogens (tertiary/aromatic N) is 2. The molecule has 19 heavy (non-hydrogen) atoms. The first-order chi connectivity index (χ1) is 8.97. The van der Waals surface area contributed by atoms with Gasteiger partial charge in [0.15, 0.2) is 5.69 Å². The SMILES string of the molecule is COCC(C)N(C)C(=O)Nc1cccnc1C(=O)O. The molecule has 7 nitrogen and oxygen atoms in total. The zero-order valence-corrected chi connectivity index (χ0v) is 11.1. The zero-order chi connectivity index (χ0) is 14.4. The number of nitrogens with one attached hydrogen (secondary N) is 1. The molecule has 0 aliphatic heterocycles. The van der Waals surface area contributed by atoms with Crippen molar-refractivity contribution >= 4 is 17.7 Å². The molecule has 0 radical (unpaired) electrons. The van der Waals surface area contributed by atoms with E-state index in [1.165, 1.54) is 17.2 Å². The number of carbonyl (C=O) groups is 2. The fraction of sp³-hybridized carbons (Fsp3) is 0.417. The van der Waals surface area contributed by atoms with Crippen LogP contribution in [-0.2, 0) is 4.74 Å². The van der Waals surface area contributed by atoms with E-state index in [4.69, 9.17) is 9.84 Å². The van der Waals surface area contributed by atoms with Crippen molar-refractivity contribution in [3.8, 4) is 0 Å². The molecule has 2 N–H and O–H groups in total. The van der Waals surface area contributed by atoms with E-state index in [-0.39, 0.29) is 17.4 Å². The van der Waals surface area contributed by atoms with Crippen LogP contribution in [0.2, 0.25) is 0 Å². The standard InChI is InChI=1S/C12H17N3O4/c1-8(7-19-3)15(2)12(18)14-9-5-4-6-13-10(9)11(16)17/h4-6,8H,7H2,1-3H3,(H,14,18)(H,16,17). The van der Waals surface area contributed by atoms with E-state index in [1.54, 1.807) is 20.2 Å². The molecule has 0 fully saturated rings. The summed E-state index contributed by atoms with van der Waals surface area (Å²) in [5, 5.41) is 11.5. The second-order valence-electron chi connectivity index (χ2n) is 4.05. The lowest BCUT2D eigenvalue weighted by atomic mass is 10.3. The van der Waals surface area contributed by atoms with Crippen LogP contribution in [0.3, 0.4) is 0 Å². The number of urea groups is 1. The molecule has 1 aromatic rings. The largest absolute Gasteiger partial charge is 0.476 e. The first-order valence-corrected chi connectivity index (χ1v) is 5.68. The van der Waals surface area contributed by atoms with Crippen molar-refractivity contribution in [3.05, 3.63) is 24.0 Å². The number of pyridine rings is 1. The Kier molecular flexibility index (Phi) is 5.25. The maximum absolute atomic E-state index is 11.9. The highest BCUT2D eigenvalue weighted by molar-refractivity contribution is 5.98. The Morgan fingerprint density at radius 3 is 2.84 bits per heavy atom. The third-order valence-electron chi connectivity index (χ3n) is 2.64. The van der Waals surface area contributed by atoms with Gasteiger partial charge in [-0.2, -0.15) is 0 Å². The zero-order valence-electron chi connectivity index (χ0n) is 11.1. The molecule has 0 saturated heterocycles. The number of aromatic nitrogens is 1. The third-order valence-corrected chi connectivity index (χ3v) is 2.64. The van der Waals surface area contributed by atoms with E-state index in [0.29, 0.717) is 6.61 Å². The lowest BCUT2D eigenvalue weighted by Gasteiger charge is -2.24. The van der Waals surface area contributed by atoms with Crippen LogP contribution in [-0.4, -0.2) is 53.8 Å². The van der Waals surface area contributed by atoms with E-state index in [2.05, 4.69) is 10.3 Å². The number of ether oxygens (including phenoxy) is 1. The number of carboxylic acid groups (broad SMARTS) is 1. The topological polar surface area (TPSA) is 91.8 Å². The lowest BCUT2D eigenvalue weighted by Crippen LogP contribution is -2.40. The second-order valence-corrected chi connectivity index (χ2v) is 4.05. The number of anilines is 1. The summed E-state index contributed by atoms with van der Waals surface area (Å²) in [7, 11) is 3.15. The molecule has 0 saturated carbocycles. The molecule has 2 amide bonds. The Morgan fingerprint density at radius 1 is 1.58 bits per heavy atom. The first kappa shape index (κ1) is 14.9. The number of amides is 2. The molecule has 1 heterocycles. The van der Waals surface area contributed by atoms with Crippen molar-refractivity contribution in [2.75, 3.05) is 26.1 Å². The Hall–Kier alpha value is -2.15. The van der Waals surface area contributed by atoms with Gasteiger partial charge in [0.1, 0.15) is 0 Å². The summed E-state index contributed by atoms with van der Waals surface area (Å²) < 4.78 is 4.96. The highest BCUT2D eigenvalue weighted by atomic mass is 16.5. The number of rotatable bonds is 5. The molecule has 0 aromatic carbocycles. The second kappa shape index (κ2) is 6.69. The summed E-state index contributed by atoms with van der Waals surface area (Å²) in [6, 6.07) is 2.50. The van der Waals surface area contributed by atoms with E-state index in [1.807, 2.05) is 6.92 Å². The number of carboxylic acids is 1. The highest BCUT2D eigenvalue weighted by Crippen LogP contribution is 2.13. The summed E-state index contributed by atoms with van der Waals surface area (Å²) >= 11 is 0. The van der Waals surface area contributed by atoms with Gasteiger partial charge < -0.3 is 20.1 Å². The normalized spacial score (nSPS) is 11.7. The summed E-state index contributed by atoms with van der Waals surface area (Å²) in [4.78, 5) is 28.1. The fourth-order valence-corrected chi connectivity index (χ4v) is 1.43. The number of methoxy groups -OCH3 is 1. The fourth-order valence-electron chi connectivity index (χ4n) is 1.43. The summed E-state index contributed by atoms with van der Waals surface area (Å²) in [5.74, 6) is -1.19. The molecule has 0 aliphatic carbocycles. The monoisotopic (exact) mass is 267 g/mol. The van der Waals surface area contributed by atoms with Crippen molar-refractivity contribution in [3.63, 3.8) is 0 Å². The first-order valence-electron chi connectivity index (χ1n) is 5.68. The van der Waals surface area contributed by atoms with Crippen LogP contribution < -0.4 is 5.32 Å². The van der Waals surface area contributed by atoms with Crippen LogP contribution in [0.25, 0.3) is 0 Å². The Morgan fingerprint density at radius 2 is 2.26 bits per heavy atom. The summed E-state index contributed by atoms with van der Waals surface area (Å²) in [5.41, 5.74) is -0.0277. The molecule has 0 spiro atoms. The minimum atomic E-state index is -1.19. The Balaban J connectivity index is 2.80. The molecule has 7 heteroatoms. The molecule has 1 rings (SSSR count). The average Bonchev–Trinajstić information content (AvgIpc) is 2.38. The van der Waals surface area contributed by atoms with Crippen LogP contribution in [0.15, 0.2) is 18.3 Å². The van der Waals surface area contributed by atoms with Crippen molar-refractivity contribution in [2.45, 2.75) is 13.0 Å². The van der Waals surface area contributed by atoms with Crippen LogP contribution in [0, 0.1) is 0 Å². The molecule has 1 aromatic heterocycles. The maximum Gasteiger partial charge on any atom is 0.356 e. The van der Waals surface area contributed by atoms with Crippen LogP contribution in [0.4, 0.5) is 10.5 Å². The average molecular weight is 267 g/mol. The highest BCUT2D eigenvalue weighted by Gasteiger charge is 2.18. The quantitative estimate of drug-likeness (QED) is 0.838. The van der Waals surface area contributed by atoms with Crippen molar-refractivity contribution in [1.29, 1.82) is 0 Å². The van der Waals surface area contributed by atoms with Gasteiger partial charge in [0.2, 0.25) is 0 Å². The lowest BCUT2D eigenvalue weighted by molar-refractivity contribution is 0.0691. The molecule has 104 valence electrons. The number of hydrogen-bond donors (Lipinski definition) is 2. The number of hydrogen-bond acceptors (Lipinski definition) is 4. The summed E-state index contributed by atoms with van der Waals surface area (Å²) in [6.07, 6.45) is 1.36. The van der Waals surface area contributed by atoms with Gasteiger partial charge in [0, 0.05) is 20.4 Å². The molecule has 0 bridgehead atoms. The van der Waals surface area contributed by atoms with E-state index in [0.717, 1.165) is 0 Å². The molecule has 0 aliphatic rings. The molecular formula is C12H17N3O4. The molecular weight excluding hydrogens is 250 g/mol. The molecule has 1 unspecified atom stereocenters. The van der Waals surface area contributed by atoms with Gasteiger partial charge in [-0.05, 0) is 19.1 Å². The third kappa shape index (κ3) is 3.92. The van der Waals surface area contributed by atoms with Crippen molar-refractivity contribution < 1.29 is 19.4 Å².